The zero-order chi connectivity index (χ0) is 17.7. The molecular weight excluding hydrogens is 334 g/mol. The van der Waals surface area contributed by atoms with Gasteiger partial charge in [-0.25, -0.2) is 8.42 Å². The van der Waals surface area contributed by atoms with Crippen molar-refractivity contribution in [2.24, 2.45) is 0 Å². The van der Waals surface area contributed by atoms with Crippen LogP contribution in [0, 0.1) is 0 Å². The minimum Gasteiger partial charge on any atom is -0.352 e. The molecule has 1 heterocycles. The summed E-state index contributed by atoms with van der Waals surface area (Å²) in [6.07, 6.45) is 2.97. The van der Waals surface area contributed by atoms with Crippen LogP contribution in [0.3, 0.4) is 0 Å². The van der Waals surface area contributed by atoms with Gasteiger partial charge in [0, 0.05) is 17.9 Å². The van der Waals surface area contributed by atoms with Crippen LogP contribution in [0.5, 0.6) is 0 Å². The molecule has 1 saturated heterocycles. The number of hydrogen-bond donors (Lipinski definition) is 1. The third-order valence-corrected chi connectivity index (χ3v) is 7.50. The number of rotatable bonds is 2. The molecule has 0 bridgehead atoms. The van der Waals surface area contributed by atoms with Gasteiger partial charge in [0.1, 0.15) is 0 Å². The summed E-state index contributed by atoms with van der Waals surface area (Å²) in [5.74, 6) is 0.120. The van der Waals surface area contributed by atoms with Crippen molar-refractivity contribution in [3.8, 4) is 0 Å². The van der Waals surface area contributed by atoms with Crippen molar-refractivity contribution in [3.63, 3.8) is 0 Å². The highest BCUT2D eigenvalue weighted by Crippen LogP contribution is 2.43. The molecule has 2 atom stereocenters. The molecule has 2 aromatic rings. The Labute approximate surface area is 148 Å². The Bertz CT molecular complexity index is 937. The molecule has 2 aromatic carbocycles. The zero-order valence-corrected chi connectivity index (χ0v) is 15.0. The summed E-state index contributed by atoms with van der Waals surface area (Å²) in [7, 11) is -3.50. The Morgan fingerprint density at radius 3 is 2.56 bits per heavy atom. The normalized spacial score (nSPS) is 25.6. The van der Waals surface area contributed by atoms with Crippen LogP contribution in [0.15, 0.2) is 58.3 Å². The van der Waals surface area contributed by atoms with Crippen molar-refractivity contribution >= 4 is 15.7 Å². The fourth-order valence-electron chi connectivity index (χ4n) is 4.22. The second kappa shape index (κ2) is 5.70. The SMILES string of the molecule is C[C@]12CCC(=O)N[C@@H]1CCc1cc(S(=O)(=O)c3ccccc3)ccc12. The van der Waals surface area contributed by atoms with Gasteiger partial charge in [-0.15, -0.1) is 0 Å². The first-order chi connectivity index (χ1) is 11.9. The molecule has 0 radical (unpaired) electrons. The molecule has 0 saturated carbocycles. The lowest BCUT2D eigenvalue weighted by Crippen LogP contribution is -2.55. The number of aryl methyl sites for hydroxylation is 1. The monoisotopic (exact) mass is 355 g/mol. The zero-order valence-electron chi connectivity index (χ0n) is 14.2. The topological polar surface area (TPSA) is 63.2 Å². The predicted octanol–water partition coefficient (Wildman–Crippen LogP) is 3.00. The van der Waals surface area contributed by atoms with E-state index in [-0.39, 0.29) is 17.4 Å². The van der Waals surface area contributed by atoms with E-state index >= 15 is 0 Å². The van der Waals surface area contributed by atoms with Gasteiger partial charge in [0.2, 0.25) is 15.7 Å². The molecule has 25 heavy (non-hydrogen) atoms. The highest BCUT2D eigenvalue weighted by molar-refractivity contribution is 7.91. The van der Waals surface area contributed by atoms with Gasteiger partial charge in [-0.1, -0.05) is 31.2 Å². The average Bonchev–Trinajstić information content (AvgIpc) is 2.63. The first kappa shape index (κ1) is 16.3. The number of benzene rings is 2. The number of fused-ring (bicyclic) bond motifs is 3. The third-order valence-electron chi connectivity index (χ3n) is 5.73. The maximum atomic E-state index is 12.9. The smallest absolute Gasteiger partial charge is 0.220 e. The summed E-state index contributed by atoms with van der Waals surface area (Å²) >= 11 is 0. The largest absolute Gasteiger partial charge is 0.352 e. The van der Waals surface area contributed by atoms with Crippen LogP contribution in [0.4, 0.5) is 0 Å². The average molecular weight is 355 g/mol. The van der Waals surface area contributed by atoms with E-state index < -0.39 is 9.84 Å². The Morgan fingerprint density at radius 2 is 1.80 bits per heavy atom. The summed E-state index contributed by atoms with van der Waals surface area (Å²) in [4.78, 5) is 12.4. The van der Waals surface area contributed by atoms with Gasteiger partial charge in [0.15, 0.2) is 0 Å². The quantitative estimate of drug-likeness (QED) is 0.901. The van der Waals surface area contributed by atoms with E-state index in [1.54, 1.807) is 30.3 Å². The molecule has 1 N–H and O–H groups in total. The Kier molecular flexibility index (Phi) is 3.72. The number of carbonyl (C=O) groups is 1. The highest BCUT2D eigenvalue weighted by atomic mass is 32.2. The Hall–Kier alpha value is -2.14. The third kappa shape index (κ3) is 2.58. The summed E-state index contributed by atoms with van der Waals surface area (Å²) in [6.45, 7) is 2.18. The minimum absolute atomic E-state index is 0.115. The van der Waals surface area contributed by atoms with Crippen LogP contribution in [0.1, 0.15) is 37.3 Å². The standard InChI is InChI=1S/C20H21NO3S/c1-20-12-11-19(22)21-18(20)10-7-14-13-16(8-9-17(14)20)25(23,24)15-5-3-2-4-6-15/h2-6,8-9,13,18H,7,10-12H2,1H3,(H,21,22)/t18-,20-/m1/s1. The Balaban J connectivity index is 1.76. The minimum atomic E-state index is -3.50. The van der Waals surface area contributed by atoms with E-state index in [2.05, 4.69) is 12.2 Å². The summed E-state index contributed by atoms with van der Waals surface area (Å²) < 4.78 is 25.7. The van der Waals surface area contributed by atoms with Crippen LogP contribution < -0.4 is 5.32 Å². The van der Waals surface area contributed by atoms with E-state index in [0.717, 1.165) is 24.8 Å². The van der Waals surface area contributed by atoms with Gasteiger partial charge in [0.05, 0.1) is 9.79 Å². The van der Waals surface area contributed by atoms with Gasteiger partial charge in [-0.05, 0) is 54.7 Å². The van der Waals surface area contributed by atoms with E-state index in [1.165, 1.54) is 5.56 Å². The summed E-state index contributed by atoms with van der Waals surface area (Å²) in [5.41, 5.74) is 2.15. The van der Waals surface area contributed by atoms with Gasteiger partial charge >= 0.3 is 0 Å². The molecule has 130 valence electrons. The molecule has 1 aliphatic carbocycles. The first-order valence-electron chi connectivity index (χ1n) is 8.64. The van der Waals surface area contributed by atoms with Crippen molar-refractivity contribution < 1.29 is 13.2 Å². The fraction of sp³-hybridized carbons (Fsp3) is 0.350. The molecular formula is C20H21NO3S. The first-order valence-corrected chi connectivity index (χ1v) is 10.1. The maximum Gasteiger partial charge on any atom is 0.220 e. The van der Waals surface area contributed by atoms with Gasteiger partial charge in [-0.3, -0.25) is 4.79 Å². The second-order valence-electron chi connectivity index (χ2n) is 7.21. The van der Waals surface area contributed by atoms with Crippen molar-refractivity contribution in [2.45, 2.75) is 53.9 Å². The molecule has 2 aliphatic rings. The number of hydrogen-bond acceptors (Lipinski definition) is 3. The lowest BCUT2D eigenvalue weighted by atomic mass is 9.64. The Morgan fingerprint density at radius 1 is 1.04 bits per heavy atom. The number of nitrogens with one attached hydrogen (secondary N) is 1. The molecule has 4 nitrogen and oxygen atoms in total. The van der Waals surface area contributed by atoms with Crippen molar-refractivity contribution in [2.75, 3.05) is 0 Å². The molecule has 1 fully saturated rings. The van der Waals surface area contributed by atoms with E-state index in [1.807, 2.05) is 18.2 Å². The van der Waals surface area contributed by atoms with Crippen LogP contribution in [-0.2, 0) is 26.5 Å². The molecule has 1 aliphatic heterocycles. The number of amides is 1. The molecule has 0 unspecified atom stereocenters. The summed E-state index contributed by atoms with van der Waals surface area (Å²) in [6, 6.07) is 14.2. The predicted molar refractivity (Wildman–Crippen MR) is 95.2 cm³/mol. The highest BCUT2D eigenvalue weighted by Gasteiger charge is 2.44. The molecule has 0 spiro atoms. The van der Waals surface area contributed by atoms with Crippen molar-refractivity contribution in [3.05, 3.63) is 59.7 Å². The van der Waals surface area contributed by atoms with E-state index in [0.29, 0.717) is 16.2 Å². The number of carbonyl (C=O) groups excluding carboxylic acids is 1. The lowest BCUT2D eigenvalue weighted by Gasteiger charge is -2.46. The second-order valence-corrected chi connectivity index (χ2v) is 9.16. The molecule has 1 amide bonds. The maximum absolute atomic E-state index is 12.9. The van der Waals surface area contributed by atoms with Gasteiger partial charge in [0.25, 0.3) is 0 Å². The van der Waals surface area contributed by atoms with E-state index in [9.17, 15) is 13.2 Å². The molecule has 4 rings (SSSR count). The fourth-order valence-corrected chi connectivity index (χ4v) is 5.56. The number of sulfone groups is 1. The van der Waals surface area contributed by atoms with Gasteiger partial charge < -0.3 is 5.32 Å². The molecule has 5 heteroatoms. The van der Waals surface area contributed by atoms with Crippen LogP contribution in [-0.4, -0.2) is 20.4 Å². The van der Waals surface area contributed by atoms with Crippen LogP contribution in [0.2, 0.25) is 0 Å². The molecule has 0 aromatic heterocycles. The summed E-state index contributed by atoms with van der Waals surface area (Å²) in [5, 5.41) is 3.11. The lowest BCUT2D eigenvalue weighted by molar-refractivity contribution is -0.125. The van der Waals surface area contributed by atoms with Crippen LogP contribution in [0.25, 0.3) is 0 Å². The van der Waals surface area contributed by atoms with Crippen LogP contribution >= 0.6 is 0 Å². The van der Waals surface area contributed by atoms with E-state index in [4.69, 9.17) is 0 Å². The van der Waals surface area contributed by atoms with Crippen molar-refractivity contribution in [1.29, 1.82) is 0 Å². The van der Waals surface area contributed by atoms with Crippen molar-refractivity contribution in [1.82, 2.24) is 5.32 Å². The number of piperidine rings is 1. The van der Waals surface area contributed by atoms with Gasteiger partial charge in [-0.2, -0.15) is 0 Å².